The molecule has 1 heterocycles. The summed E-state index contributed by atoms with van der Waals surface area (Å²) >= 11 is 6.12. The van der Waals surface area contributed by atoms with Gasteiger partial charge in [-0.05, 0) is 64.4 Å². The molecular formula is C15H23ClN2. The molecule has 0 amide bonds. The summed E-state index contributed by atoms with van der Waals surface area (Å²) in [6.07, 6.45) is 2.52. The first-order valence-electron chi connectivity index (χ1n) is 6.71. The molecule has 0 spiro atoms. The molecule has 0 radical (unpaired) electrons. The number of hydrogen-bond donors (Lipinski definition) is 1. The lowest BCUT2D eigenvalue weighted by Crippen LogP contribution is -2.52. The predicted octanol–water partition coefficient (Wildman–Crippen LogP) is 3.55. The fourth-order valence-corrected chi connectivity index (χ4v) is 3.03. The molecular weight excluding hydrogens is 244 g/mol. The highest BCUT2D eigenvalue weighted by molar-refractivity contribution is 6.30. The number of anilines is 1. The third-order valence-corrected chi connectivity index (χ3v) is 4.18. The average molecular weight is 267 g/mol. The lowest BCUT2D eigenvalue weighted by Gasteiger charge is -2.47. The van der Waals surface area contributed by atoms with Crippen LogP contribution in [0.3, 0.4) is 0 Å². The Morgan fingerprint density at radius 1 is 1.44 bits per heavy atom. The molecule has 2 nitrogen and oxygen atoms in total. The van der Waals surface area contributed by atoms with Crippen LogP contribution in [0.5, 0.6) is 0 Å². The van der Waals surface area contributed by atoms with Gasteiger partial charge in [-0.25, -0.2) is 0 Å². The van der Waals surface area contributed by atoms with E-state index >= 15 is 0 Å². The lowest BCUT2D eigenvalue weighted by atomic mass is 9.84. The highest BCUT2D eigenvalue weighted by Crippen LogP contribution is 2.35. The van der Waals surface area contributed by atoms with E-state index in [4.69, 9.17) is 11.6 Å². The van der Waals surface area contributed by atoms with Crippen LogP contribution in [0.15, 0.2) is 24.3 Å². The Morgan fingerprint density at radius 3 is 2.89 bits per heavy atom. The molecule has 1 unspecified atom stereocenters. The minimum absolute atomic E-state index is 0.217. The van der Waals surface area contributed by atoms with Gasteiger partial charge in [-0.15, -0.1) is 0 Å². The number of piperidine rings is 1. The maximum atomic E-state index is 6.12. The first kappa shape index (κ1) is 13.7. The molecule has 3 heteroatoms. The molecule has 1 atom stereocenters. The van der Waals surface area contributed by atoms with Gasteiger partial charge < -0.3 is 10.2 Å². The topological polar surface area (TPSA) is 15.3 Å². The maximum absolute atomic E-state index is 6.12. The van der Waals surface area contributed by atoms with Crippen LogP contribution in [0.1, 0.15) is 26.7 Å². The van der Waals surface area contributed by atoms with Crippen molar-refractivity contribution in [3.05, 3.63) is 29.3 Å². The normalized spacial score (nSPS) is 23.1. The number of nitrogens with one attached hydrogen (secondary N) is 1. The lowest BCUT2D eigenvalue weighted by molar-refractivity contribution is 0.287. The van der Waals surface area contributed by atoms with Crippen molar-refractivity contribution in [2.75, 3.05) is 25.0 Å². The smallest absolute Gasteiger partial charge is 0.0426 e. The summed E-state index contributed by atoms with van der Waals surface area (Å²) in [5.74, 6) is 0.724. The average Bonchev–Trinajstić information content (AvgIpc) is 2.31. The van der Waals surface area contributed by atoms with E-state index in [1.54, 1.807) is 0 Å². The van der Waals surface area contributed by atoms with Gasteiger partial charge in [0.25, 0.3) is 0 Å². The van der Waals surface area contributed by atoms with Gasteiger partial charge in [-0.1, -0.05) is 17.7 Å². The molecule has 1 aromatic carbocycles. The van der Waals surface area contributed by atoms with Gasteiger partial charge in [0.2, 0.25) is 0 Å². The van der Waals surface area contributed by atoms with E-state index in [1.165, 1.54) is 18.5 Å². The van der Waals surface area contributed by atoms with E-state index in [0.29, 0.717) is 0 Å². The van der Waals surface area contributed by atoms with E-state index in [-0.39, 0.29) is 5.54 Å². The third-order valence-electron chi connectivity index (χ3n) is 3.95. The van der Waals surface area contributed by atoms with Crippen LogP contribution in [0.2, 0.25) is 5.02 Å². The molecule has 0 saturated carbocycles. The molecule has 1 fully saturated rings. The molecule has 2 rings (SSSR count). The molecule has 1 N–H and O–H groups in total. The first-order chi connectivity index (χ1) is 8.53. The summed E-state index contributed by atoms with van der Waals surface area (Å²) in [5.41, 5.74) is 1.46. The molecule has 1 aliphatic heterocycles. The fraction of sp³-hybridized carbons (Fsp3) is 0.600. The molecule has 0 aromatic heterocycles. The van der Waals surface area contributed by atoms with Gasteiger partial charge in [-0.2, -0.15) is 0 Å². The van der Waals surface area contributed by atoms with Crippen molar-refractivity contribution in [2.24, 2.45) is 5.92 Å². The molecule has 0 bridgehead atoms. The number of benzene rings is 1. The van der Waals surface area contributed by atoms with Gasteiger partial charge in [0.1, 0.15) is 0 Å². The second-order valence-corrected chi connectivity index (χ2v) is 6.30. The Labute approximate surface area is 115 Å². The van der Waals surface area contributed by atoms with Crippen LogP contribution in [0.4, 0.5) is 5.69 Å². The molecule has 100 valence electrons. The Bertz CT molecular complexity index is 403. The minimum Gasteiger partial charge on any atom is -0.366 e. The van der Waals surface area contributed by atoms with E-state index in [1.807, 2.05) is 19.2 Å². The summed E-state index contributed by atoms with van der Waals surface area (Å²) in [6.45, 7) is 6.84. The molecule has 18 heavy (non-hydrogen) atoms. The number of halogens is 1. The third kappa shape index (κ3) is 2.99. The Morgan fingerprint density at radius 2 is 2.22 bits per heavy atom. The largest absolute Gasteiger partial charge is 0.366 e. The van der Waals surface area contributed by atoms with Crippen molar-refractivity contribution in [1.82, 2.24) is 5.32 Å². The maximum Gasteiger partial charge on any atom is 0.0426 e. The standard InChI is InChI=1S/C15H23ClN2/c1-15(2)8-7-12(10-17-3)11-18(15)14-6-4-5-13(16)9-14/h4-6,9,12,17H,7-8,10-11H2,1-3H3. The highest BCUT2D eigenvalue weighted by Gasteiger charge is 2.33. The van der Waals surface area contributed by atoms with Gasteiger partial charge in [-0.3, -0.25) is 0 Å². The van der Waals surface area contributed by atoms with Crippen LogP contribution < -0.4 is 10.2 Å². The summed E-state index contributed by atoms with van der Waals surface area (Å²) in [6, 6.07) is 8.21. The van der Waals surface area contributed by atoms with Gasteiger partial charge in [0, 0.05) is 22.8 Å². The van der Waals surface area contributed by atoms with Crippen LogP contribution in [0.25, 0.3) is 0 Å². The molecule has 1 aromatic rings. The van der Waals surface area contributed by atoms with Crippen LogP contribution in [-0.4, -0.2) is 25.7 Å². The Hall–Kier alpha value is -0.730. The summed E-state index contributed by atoms with van der Waals surface area (Å²) in [5, 5.41) is 4.11. The zero-order chi connectivity index (χ0) is 13.2. The summed E-state index contributed by atoms with van der Waals surface area (Å²) in [4.78, 5) is 2.50. The Kier molecular flexibility index (Phi) is 4.18. The van der Waals surface area contributed by atoms with Gasteiger partial charge in [0.05, 0.1) is 0 Å². The van der Waals surface area contributed by atoms with Crippen LogP contribution >= 0.6 is 11.6 Å². The van der Waals surface area contributed by atoms with Crippen molar-refractivity contribution in [3.63, 3.8) is 0 Å². The molecule has 0 aliphatic carbocycles. The van der Waals surface area contributed by atoms with E-state index < -0.39 is 0 Å². The zero-order valence-electron chi connectivity index (χ0n) is 11.5. The highest BCUT2D eigenvalue weighted by atomic mass is 35.5. The van der Waals surface area contributed by atoms with Crippen molar-refractivity contribution < 1.29 is 0 Å². The second kappa shape index (κ2) is 5.50. The number of nitrogens with zero attached hydrogens (tertiary/aromatic N) is 1. The van der Waals surface area contributed by atoms with Crippen molar-refractivity contribution >= 4 is 17.3 Å². The summed E-state index contributed by atoms with van der Waals surface area (Å²) < 4.78 is 0. The minimum atomic E-state index is 0.217. The Balaban J connectivity index is 2.21. The van der Waals surface area contributed by atoms with Crippen molar-refractivity contribution in [1.29, 1.82) is 0 Å². The van der Waals surface area contributed by atoms with Crippen LogP contribution in [0, 0.1) is 5.92 Å². The van der Waals surface area contributed by atoms with Gasteiger partial charge >= 0.3 is 0 Å². The quantitative estimate of drug-likeness (QED) is 0.900. The number of hydrogen-bond acceptors (Lipinski definition) is 2. The van der Waals surface area contributed by atoms with Gasteiger partial charge in [0.15, 0.2) is 0 Å². The van der Waals surface area contributed by atoms with E-state index in [0.717, 1.165) is 24.0 Å². The van der Waals surface area contributed by atoms with E-state index in [2.05, 4.69) is 36.2 Å². The second-order valence-electron chi connectivity index (χ2n) is 5.87. The predicted molar refractivity (Wildman–Crippen MR) is 79.5 cm³/mol. The monoisotopic (exact) mass is 266 g/mol. The van der Waals surface area contributed by atoms with Crippen molar-refractivity contribution in [2.45, 2.75) is 32.2 Å². The zero-order valence-corrected chi connectivity index (χ0v) is 12.3. The summed E-state index contributed by atoms with van der Waals surface area (Å²) in [7, 11) is 2.03. The van der Waals surface area contributed by atoms with Crippen molar-refractivity contribution in [3.8, 4) is 0 Å². The first-order valence-corrected chi connectivity index (χ1v) is 7.08. The fourth-order valence-electron chi connectivity index (χ4n) is 2.84. The SMILES string of the molecule is CNCC1CCC(C)(C)N(c2cccc(Cl)c2)C1. The number of rotatable bonds is 3. The molecule has 1 saturated heterocycles. The molecule has 1 aliphatic rings. The van der Waals surface area contributed by atoms with Crippen LogP contribution in [-0.2, 0) is 0 Å². The van der Waals surface area contributed by atoms with E-state index in [9.17, 15) is 0 Å².